The van der Waals surface area contributed by atoms with E-state index in [2.05, 4.69) is 41.7 Å². The van der Waals surface area contributed by atoms with Gasteiger partial charge in [0, 0.05) is 48.0 Å². The molecule has 0 spiro atoms. The Morgan fingerprint density at radius 2 is 1.86 bits per heavy atom. The summed E-state index contributed by atoms with van der Waals surface area (Å²) >= 11 is 11.4. The summed E-state index contributed by atoms with van der Waals surface area (Å²) < 4.78 is 15.6. The summed E-state index contributed by atoms with van der Waals surface area (Å²) in [6.07, 6.45) is 1.46. The van der Waals surface area contributed by atoms with Crippen LogP contribution in [0.25, 0.3) is 16.0 Å². The first-order valence-electron chi connectivity index (χ1n) is 13.5. The predicted octanol–water partition coefficient (Wildman–Crippen LogP) is 7.68. The predicted molar refractivity (Wildman–Crippen MR) is 167 cm³/mol. The molecule has 2 amide bonds. The maximum Gasteiger partial charge on any atom is 0.407 e. The molecule has 12 heteroatoms. The van der Waals surface area contributed by atoms with Crippen molar-refractivity contribution in [2.75, 3.05) is 13.1 Å². The van der Waals surface area contributed by atoms with Crippen LogP contribution in [0.2, 0.25) is 5.02 Å². The normalized spacial score (nSPS) is 15.9. The number of imidazole rings is 1. The van der Waals surface area contributed by atoms with Gasteiger partial charge < -0.3 is 25.2 Å². The number of likely N-dealkylation sites (tertiary alicyclic amines) is 1. The number of thiophene rings is 1. The second kappa shape index (κ2) is 11.4. The molecule has 9 nitrogen and oxygen atoms in total. The van der Waals surface area contributed by atoms with E-state index in [4.69, 9.17) is 26.8 Å². The molecule has 42 heavy (non-hydrogen) atoms. The Kier molecular flexibility index (Phi) is 8.21. The van der Waals surface area contributed by atoms with Gasteiger partial charge in [0.2, 0.25) is 0 Å². The second-order valence-electron chi connectivity index (χ2n) is 11.4. The summed E-state index contributed by atoms with van der Waals surface area (Å²) in [4.78, 5) is 30.3. The third-order valence-electron chi connectivity index (χ3n) is 7.92. The van der Waals surface area contributed by atoms with E-state index in [9.17, 15) is 14.7 Å². The first-order valence-corrected chi connectivity index (χ1v) is 15.5. The van der Waals surface area contributed by atoms with Gasteiger partial charge in [-0.1, -0.05) is 50.6 Å². The quantitative estimate of drug-likeness (QED) is 0.207. The number of nitrogens with zero attached hydrogens (tertiary/aromatic N) is 3. The van der Waals surface area contributed by atoms with E-state index >= 15 is 0 Å². The van der Waals surface area contributed by atoms with Gasteiger partial charge >= 0.3 is 6.09 Å². The molecule has 0 saturated carbocycles. The number of halogens is 2. The van der Waals surface area contributed by atoms with E-state index in [1.807, 2.05) is 41.8 Å². The minimum Gasteiger partial charge on any atom is -0.485 e. The van der Waals surface area contributed by atoms with Crippen LogP contribution in [-0.4, -0.2) is 50.2 Å². The van der Waals surface area contributed by atoms with Gasteiger partial charge in [-0.25, -0.2) is 9.78 Å². The number of fused-ring (bicyclic) bond motifs is 1. The van der Waals surface area contributed by atoms with Crippen molar-refractivity contribution >= 4 is 61.9 Å². The van der Waals surface area contributed by atoms with Crippen LogP contribution in [0.3, 0.4) is 0 Å². The molecule has 2 aromatic carbocycles. The number of carboxylic acid groups (broad SMARTS) is 1. The fourth-order valence-electron chi connectivity index (χ4n) is 5.37. The number of piperidine rings is 1. The van der Waals surface area contributed by atoms with Crippen molar-refractivity contribution < 1.29 is 24.2 Å². The second-order valence-corrected chi connectivity index (χ2v) is 13.6. The molecule has 1 atom stereocenters. The van der Waals surface area contributed by atoms with Gasteiger partial charge in [0.1, 0.15) is 39.4 Å². The summed E-state index contributed by atoms with van der Waals surface area (Å²) in [5, 5.41) is 10.7. The third-order valence-corrected chi connectivity index (χ3v) is 10.2. The van der Waals surface area contributed by atoms with Crippen LogP contribution >= 0.6 is 38.9 Å². The van der Waals surface area contributed by atoms with Crippen LogP contribution < -0.4 is 15.2 Å². The Bertz CT molecular complexity index is 1660. The molecule has 1 fully saturated rings. The van der Waals surface area contributed by atoms with E-state index in [1.54, 1.807) is 18.5 Å². The minimum atomic E-state index is -0.917. The lowest BCUT2D eigenvalue weighted by atomic mass is 9.70. The molecule has 0 bridgehead atoms. The van der Waals surface area contributed by atoms with Crippen molar-refractivity contribution in [1.82, 2.24) is 14.5 Å². The topological polar surface area (TPSA) is 120 Å². The number of nitrogens with two attached hydrogens (primary N) is 1. The number of amides is 2. The van der Waals surface area contributed by atoms with Crippen molar-refractivity contribution in [3.63, 3.8) is 0 Å². The van der Waals surface area contributed by atoms with E-state index in [-0.39, 0.29) is 10.3 Å². The number of rotatable bonds is 7. The van der Waals surface area contributed by atoms with Crippen molar-refractivity contribution in [3.8, 4) is 16.5 Å². The molecule has 222 valence electrons. The summed E-state index contributed by atoms with van der Waals surface area (Å²) in [6.45, 7) is 8.99. The lowest BCUT2D eigenvalue weighted by molar-refractivity contribution is -0.0741. The molecular weight excluding hydrogens is 644 g/mol. The van der Waals surface area contributed by atoms with Gasteiger partial charge in [0.25, 0.3) is 5.91 Å². The van der Waals surface area contributed by atoms with Crippen LogP contribution in [0.5, 0.6) is 11.5 Å². The molecule has 3 N–H and O–H groups in total. The third kappa shape index (κ3) is 5.57. The Hall–Kier alpha value is -3.28. The van der Waals surface area contributed by atoms with Gasteiger partial charge in [0.05, 0.1) is 15.5 Å². The molecule has 1 saturated heterocycles. The number of hydrogen-bond acceptors (Lipinski definition) is 6. The minimum absolute atomic E-state index is 0.263. The molecule has 0 aliphatic carbocycles. The average molecular weight is 676 g/mol. The fraction of sp³-hybridized carbons (Fsp3) is 0.367. The zero-order valence-corrected chi connectivity index (χ0v) is 26.8. The van der Waals surface area contributed by atoms with Gasteiger partial charge in [0.15, 0.2) is 0 Å². The van der Waals surface area contributed by atoms with Crippen molar-refractivity contribution in [1.29, 1.82) is 0 Å². The van der Waals surface area contributed by atoms with Crippen molar-refractivity contribution in [2.24, 2.45) is 11.1 Å². The summed E-state index contributed by atoms with van der Waals surface area (Å²) in [5.41, 5.74) is 7.17. The van der Waals surface area contributed by atoms with Gasteiger partial charge in [-0.05, 0) is 41.1 Å². The Balaban J connectivity index is 1.51. The van der Waals surface area contributed by atoms with Crippen molar-refractivity contribution in [3.05, 3.63) is 68.7 Å². The number of carbonyl (C=O) groups is 2. The van der Waals surface area contributed by atoms with Crippen LogP contribution in [0.1, 0.15) is 61.9 Å². The number of aromatic nitrogens is 2. The van der Waals surface area contributed by atoms with Gasteiger partial charge in [-0.3, -0.25) is 9.36 Å². The first-order chi connectivity index (χ1) is 19.8. The summed E-state index contributed by atoms with van der Waals surface area (Å²) in [7, 11) is 0. The maximum absolute atomic E-state index is 12.4. The van der Waals surface area contributed by atoms with E-state index < -0.39 is 23.7 Å². The molecule has 4 aromatic rings. The number of ether oxygens (including phenoxy) is 2. The Labute approximate surface area is 261 Å². The highest BCUT2D eigenvalue weighted by Gasteiger charge is 2.47. The van der Waals surface area contributed by atoms with Crippen LogP contribution in [-0.2, 0) is 0 Å². The summed E-state index contributed by atoms with van der Waals surface area (Å²) in [6, 6.07) is 12.9. The summed E-state index contributed by atoms with van der Waals surface area (Å²) in [5.74, 6) is 0.385. The highest BCUT2D eigenvalue weighted by molar-refractivity contribution is 9.10. The fourth-order valence-corrected chi connectivity index (χ4v) is 7.18. The monoisotopic (exact) mass is 674 g/mol. The number of benzene rings is 2. The molecule has 1 aliphatic heterocycles. The standard InChI is InChI=1S/C30H32BrClN4O5S/c1-17(18-7-5-6-8-19(18)32)40-22-15-23(42-26(22)27(33)37)36-16-34-20-9-10-21(24(31)25(20)36)41-30(29(2,3)4)11-13-35(14-12-30)28(38)39/h5-10,15-17H,11-14H2,1-4H3,(H2,33,37)(H,38,39)/t17-/m1/s1. The molecular formula is C30H32BrClN4O5S. The van der Waals surface area contributed by atoms with Gasteiger partial charge in [-0.15, -0.1) is 11.3 Å². The van der Waals surface area contributed by atoms with Crippen molar-refractivity contribution in [2.45, 2.75) is 52.2 Å². The smallest absolute Gasteiger partial charge is 0.407 e. The zero-order valence-electron chi connectivity index (χ0n) is 23.7. The molecule has 3 heterocycles. The highest BCUT2D eigenvalue weighted by Crippen LogP contribution is 2.46. The molecule has 1 aliphatic rings. The highest BCUT2D eigenvalue weighted by atomic mass is 79.9. The SMILES string of the molecule is C[C@@H](Oc1cc(-n2cnc3ccc(OC4(C(C)(C)C)CCN(C(=O)O)CC4)c(Br)c32)sc1C(N)=O)c1ccccc1Cl. The lowest BCUT2D eigenvalue weighted by Crippen LogP contribution is -2.56. The molecule has 5 rings (SSSR count). The van der Waals surface area contributed by atoms with Crippen LogP contribution in [0.4, 0.5) is 4.79 Å². The van der Waals surface area contributed by atoms with Crippen LogP contribution in [0.15, 0.2) is 53.3 Å². The number of hydrogen-bond donors (Lipinski definition) is 2. The van der Waals surface area contributed by atoms with E-state index in [1.165, 1.54) is 16.2 Å². The average Bonchev–Trinajstić information content (AvgIpc) is 3.55. The Morgan fingerprint density at radius 3 is 2.48 bits per heavy atom. The van der Waals surface area contributed by atoms with Crippen LogP contribution in [0, 0.1) is 5.41 Å². The Morgan fingerprint density at radius 1 is 1.17 bits per heavy atom. The molecule has 0 radical (unpaired) electrons. The van der Waals surface area contributed by atoms with E-state index in [0.717, 1.165) is 16.6 Å². The van der Waals surface area contributed by atoms with E-state index in [0.29, 0.717) is 51.9 Å². The number of primary amides is 1. The first kappa shape index (κ1) is 30.2. The molecule has 0 unspecified atom stereocenters. The zero-order chi connectivity index (χ0) is 30.4. The maximum atomic E-state index is 12.4. The van der Waals surface area contributed by atoms with Gasteiger partial charge in [-0.2, -0.15) is 0 Å². The molecule has 2 aromatic heterocycles. The largest absolute Gasteiger partial charge is 0.485 e. The number of carbonyl (C=O) groups excluding carboxylic acids is 1. The lowest BCUT2D eigenvalue weighted by Gasteiger charge is -2.49.